The van der Waals surface area contributed by atoms with Crippen LogP contribution in [0.4, 0.5) is 17.1 Å². The average Bonchev–Trinajstić information content (AvgIpc) is 3.85. The predicted molar refractivity (Wildman–Crippen MR) is 245 cm³/mol. The van der Waals surface area contributed by atoms with Crippen molar-refractivity contribution in [3.63, 3.8) is 0 Å². The van der Waals surface area contributed by atoms with Crippen molar-refractivity contribution in [1.82, 2.24) is 0 Å². The van der Waals surface area contributed by atoms with Crippen molar-refractivity contribution in [2.24, 2.45) is 0 Å². The van der Waals surface area contributed by atoms with Crippen LogP contribution in [0.3, 0.4) is 0 Å². The molecule has 0 unspecified atom stereocenters. The summed E-state index contributed by atoms with van der Waals surface area (Å²) >= 11 is 1.85. The van der Waals surface area contributed by atoms with Crippen molar-refractivity contribution in [3.8, 4) is 22.3 Å². The van der Waals surface area contributed by atoms with E-state index in [0.717, 1.165) is 44.7 Å². The first-order valence-corrected chi connectivity index (χ1v) is 20.2. The highest BCUT2D eigenvalue weighted by atomic mass is 32.1. The Bertz CT molecular complexity index is 3470. The van der Waals surface area contributed by atoms with Crippen LogP contribution in [0.25, 0.3) is 96.7 Å². The average molecular weight is 744 g/mol. The summed E-state index contributed by atoms with van der Waals surface area (Å²) in [5.74, 6) is 0. The molecule has 2 aromatic heterocycles. The van der Waals surface area contributed by atoms with Gasteiger partial charge in [0.1, 0.15) is 11.2 Å². The van der Waals surface area contributed by atoms with Crippen LogP contribution in [-0.2, 0) is 0 Å². The fraction of sp³-hybridized carbons (Fsp3) is 0. The van der Waals surface area contributed by atoms with Gasteiger partial charge < -0.3 is 9.32 Å². The lowest BCUT2D eigenvalue weighted by atomic mass is 9.92. The van der Waals surface area contributed by atoms with Gasteiger partial charge in [0.15, 0.2) is 0 Å². The minimum Gasteiger partial charge on any atom is -0.456 e. The number of benzene rings is 10. The second kappa shape index (κ2) is 12.7. The van der Waals surface area contributed by atoms with Crippen LogP contribution in [0.15, 0.2) is 205 Å². The van der Waals surface area contributed by atoms with E-state index in [9.17, 15) is 0 Å². The molecule has 0 aliphatic carbocycles. The molecule has 0 saturated carbocycles. The molecule has 2 nitrogen and oxygen atoms in total. The molecule has 10 aromatic carbocycles. The molecule has 0 N–H and O–H groups in total. The fourth-order valence-corrected chi connectivity index (χ4v) is 10.2. The molecular formula is C54H33NOS. The first-order chi connectivity index (χ1) is 28.2. The molecule has 12 aromatic rings. The van der Waals surface area contributed by atoms with E-state index in [1.54, 1.807) is 0 Å². The van der Waals surface area contributed by atoms with E-state index in [0.29, 0.717) is 0 Å². The summed E-state index contributed by atoms with van der Waals surface area (Å²) < 4.78 is 9.09. The first kappa shape index (κ1) is 32.1. The molecule has 3 heteroatoms. The summed E-state index contributed by atoms with van der Waals surface area (Å²) in [6.07, 6.45) is 0. The van der Waals surface area contributed by atoms with E-state index < -0.39 is 0 Å². The van der Waals surface area contributed by atoms with E-state index in [2.05, 4.69) is 205 Å². The summed E-state index contributed by atoms with van der Waals surface area (Å²) in [7, 11) is 0. The maximum absolute atomic E-state index is 6.49. The molecule has 0 bridgehead atoms. The Morgan fingerprint density at radius 1 is 0.316 bits per heavy atom. The number of para-hydroxylation sites is 1. The van der Waals surface area contributed by atoms with Crippen molar-refractivity contribution >= 4 is 103 Å². The number of hydrogen-bond donors (Lipinski definition) is 0. The minimum absolute atomic E-state index is 0.912. The number of thiophene rings is 1. The molecule has 12 rings (SSSR count). The van der Waals surface area contributed by atoms with Crippen molar-refractivity contribution in [2.45, 2.75) is 0 Å². The van der Waals surface area contributed by atoms with Crippen LogP contribution < -0.4 is 4.90 Å². The third-order valence-corrected chi connectivity index (χ3v) is 12.9. The number of hydrogen-bond acceptors (Lipinski definition) is 3. The number of nitrogens with zero attached hydrogens (tertiary/aromatic N) is 1. The molecule has 0 fully saturated rings. The topological polar surface area (TPSA) is 16.4 Å². The molecule has 0 aliphatic rings. The Balaban J connectivity index is 0.898. The van der Waals surface area contributed by atoms with Crippen molar-refractivity contribution in [1.29, 1.82) is 0 Å². The fourth-order valence-electron chi connectivity index (χ4n) is 8.94. The van der Waals surface area contributed by atoms with Gasteiger partial charge in [-0.2, -0.15) is 0 Å². The normalized spacial score (nSPS) is 11.9. The maximum atomic E-state index is 6.49. The van der Waals surface area contributed by atoms with Gasteiger partial charge in [-0.25, -0.2) is 0 Å². The van der Waals surface area contributed by atoms with Gasteiger partial charge >= 0.3 is 0 Å². The maximum Gasteiger partial charge on any atom is 0.136 e. The smallest absolute Gasteiger partial charge is 0.136 e. The Hall–Kier alpha value is -7.20. The van der Waals surface area contributed by atoms with Crippen molar-refractivity contribution < 1.29 is 4.42 Å². The highest BCUT2D eigenvalue weighted by Crippen LogP contribution is 2.44. The third-order valence-electron chi connectivity index (χ3n) is 11.7. The highest BCUT2D eigenvalue weighted by molar-refractivity contribution is 7.26. The molecule has 266 valence electrons. The molecular weight excluding hydrogens is 711 g/mol. The monoisotopic (exact) mass is 743 g/mol. The molecule has 0 amide bonds. The van der Waals surface area contributed by atoms with Gasteiger partial charge in [-0.3, -0.25) is 0 Å². The van der Waals surface area contributed by atoms with E-state index >= 15 is 0 Å². The zero-order valence-electron chi connectivity index (χ0n) is 30.8. The van der Waals surface area contributed by atoms with Gasteiger partial charge in [-0.05, 0) is 127 Å². The summed E-state index contributed by atoms with van der Waals surface area (Å²) in [4.78, 5) is 2.33. The summed E-state index contributed by atoms with van der Waals surface area (Å²) in [6, 6.07) is 72.5. The van der Waals surface area contributed by atoms with Crippen LogP contribution in [-0.4, -0.2) is 0 Å². The summed E-state index contributed by atoms with van der Waals surface area (Å²) in [6.45, 7) is 0. The highest BCUT2D eigenvalue weighted by Gasteiger charge is 2.17. The van der Waals surface area contributed by atoms with Crippen molar-refractivity contribution in [3.05, 3.63) is 200 Å². The summed E-state index contributed by atoms with van der Waals surface area (Å²) in [5.41, 5.74) is 9.83. The van der Waals surface area contributed by atoms with Crippen LogP contribution in [0.2, 0.25) is 0 Å². The Kier molecular flexibility index (Phi) is 7.13. The Morgan fingerprint density at radius 3 is 1.44 bits per heavy atom. The molecule has 0 saturated heterocycles. The van der Waals surface area contributed by atoms with Gasteiger partial charge in [0.05, 0.1) is 0 Å². The molecule has 0 aliphatic heterocycles. The lowest BCUT2D eigenvalue weighted by Gasteiger charge is -2.26. The zero-order chi connectivity index (χ0) is 37.5. The Labute approximate surface area is 333 Å². The Morgan fingerprint density at radius 2 is 0.789 bits per heavy atom. The van der Waals surface area contributed by atoms with Crippen LogP contribution in [0.1, 0.15) is 0 Å². The molecule has 0 radical (unpaired) electrons. The van der Waals surface area contributed by atoms with Crippen LogP contribution in [0.5, 0.6) is 0 Å². The largest absolute Gasteiger partial charge is 0.456 e. The zero-order valence-corrected chi connectivity index (χ0v) is 31.6. The van der Waals surface area contributed by atoms with E-state index in [1.807, 2.05) is 11.3 Å². The van der Waals surface area contributed by atoms with Crippen LogP contribution in [0, 0.1) is 0 Å². The second-order valence-corrected chi connectivity index (χ2v) is 15.9. The first-order valence-electron chi connectivity index (χ1n) is 19.4. The lowest BCUT2D eigenvalue weighted by molar-refractivity contribution is 0.669. The summed E-state index contributed by atoms with van der Waals surface area (Å²) in [5, 5.41) is 12.7. The van der Waals surface area contributed by atoms with Gasteiger partial charge in [-0.15, -0.1) is 11.3 Å². The lowest BCUT2D eigenvalue weighted by Crippen LogP contribution is -2.09. The van der Waals surface area contributed by atoms with E-state index in [-0.39, 0.29) is 0 Å². The molecule has 2 heterocycles. The molecule has 0 atom stereocenters. The van der Waals surface area contributed by atoms with Gasteiger partial charge in [0, 0.05) is 48.0 Å². The van der Waals surface area contributed by atoms with E-state index in [1.165, 1.54) is 69.0 Å². The number of rotatable bonds is 5. The molecule has 0 spiro atoms. The number of anilines is 3. The predicted octanol–water partition coefficient (Wildman–Crippen LogP) is 16.2. The molecule has 57 heavy (non-hydrogen) atoms. The van der Waals surface area contributed by atoms with Gasteiger partial charge in [0.25, 0.3) is 0 Å². The third kappa shape index (κ3) is 5.10. The van der Waals surface area contributed by atoms with Crippen LogP contribution >= 0.6 is 11.3 Å². The minimum atomic E-state index is 0.912. The van der Waals surface area contributed by atoms with Crippen molar-refractivity contribution in [2.75, 3.05) is 4.90 Å². The number of furan rings is 1. The quantitative estimate of drug-likeness (QED) is 0.163. The number of fused-ring (bicyclic) bond motifs is 13. The van der Waals surface area contributed by atoms with Gasteiger partial charge in [0.2, 0.25) is 0 Å². The SMILES string of the molecule is c1ccc(N(c2ccc(-c3ccc4c(c3)oc3ccc5c6ccccc6sc5c34)cc2)c2ccc(-c3ccc4c5ccccc5c5ccccc5c4c3)cc2)cc1. The van der Waals surface area contributed by atoms with E-state index in [4.69, 9.17) is 4.42 Å². The standard InChI is InChI=1S/C54H33NOS/c1-2-10-38(11-3-1)55(39-24-18-34(19-25-39)36-22-28-45-43-14-5-4-12-41(43)42-13-6-7-15-44(42)49(45)32-36)40-26-20-35(21-27-40)37-23-29-48-51(33-37)56-50-31-30-47-46-16-8-9-17-52(46)57-54(47)53(48)50/h1-33H. The van der Waals surface area contributed by atoms with Gasteiger partial charge in [-0.1, -0.05) is 127 Å². The second-order valence-electron chi connectivity index (χ2n) is 14.8.